The molecule has 1 N–H and O–H groups in total. The van der Waals surface area contributed by atoms with Crippen LogP contribution in [-0.4, -0.2) is 0 Å². The van der Waals surface area contributed by atoms with Gasteiger partial charge in [-0.3, -0.25) is 0 Å². The molecule has 17 heavy (non-hydrogen) atoms. The lowest BCUT2D eigenvalue weighted by atomic mass is 10.1. The highest BCUT2D eigenvalue weighted by molar-refractivity contribution is 14.1. The van der Waals surface area contributed by atoms with Crippen molar-refractivity contribution in [1.29, 1.82) is 0 Å². The summed E-state index contributed by atoms with van der Waals surface area (Å²) in [6, 6.07) is 16.6. The van der Waals surface area contributed by atoms with E-state index >= 15 is 0 Å². The van der Waals surface area contributed by atoms with Crippen molar-refractivity contribution in [2.45, 2.75) is 13.0 Å². The van der Waals surface area contributed by atoms with Crippen LogP contribution in [0.5, 0.6) is 0 Å². The minimum atomic E-state index is 0.285. The van der Waals surface area contributed by atoms with E-state index in [1.807, 2.05) is 24.3 Å². The lowest BCUT2D eigenvalue weighted by molar-refractivity contribution is 0.884. The molecule has 2 rings (SSSR count). The third kappa shape index (κ3) is 3.61. The molecular formula is C14H13ClIN. The van der Waals surface area contributed by atoms with Gasteiger partial charge in [0.1, 0.15) is 0 Å². The van der Waals surface area contributed by atoms with Gasteiger partial charge in [-0.2, -0.15) is 0 Å². The molecule has 0 saturated heterocycles. The van der Waals surface area contributed by atoms with Crippen molar-refractivity contribution >= 4 is 39.9 Å². The van der Waals surface area contributed by atoms with Crippen molar-refractivity contribution in [3.8, 4) is 0 Å². The zero-order valence-electron chi connectivity index (χ0n) is 9.45. The van der Waals surface area contributed by atoms with Gasteiger partial charge in [0.2, 0.25) is 0 Å². The molecule has 0 fully saturated rings. The van der Waals surface area contributed by atoms with Gasteiger partial charge < -0.3 is 5.32 Å². The molecule has 3 heteroatoms. The molecule has 0 aliphatic heterocycles. The Labute approximate surface area is 120 Å². The molecule has 0 aromatic heterocycles. The molecule has 88 valence electrons. The number of rotatable bonds is 3. The van der Waals surface area contributed by atoms with E-state index in [1.165, 1.54) is 9.13 Å². The molecule has 0 amide bonds. The van der Waals surface area contributed by atoms with Crippen LogP contribution in [0.2, 0.25) is 5.02 Å². The first kappa shape index (κ1) is 12.7. The molecule has 1 atom stereocenters. The molecular weight excluding hydrogens is 345 g/mol. The Hall–Kier alpha value is -0.740. The van der Waals surface area contributed by atoms with Crippen molar-refractivity contribution in [2.75, 3.05) is 5.32 Å². The average molecular weight is 358 g/mol. The molecule has 0 bridgehead atoms. The Balaban J connectivity index is 2.08. The SMILES string of the molecule is CC(Nc1ccc(Cl)cc1)c1ccc(I)cc1. The third-order valence-corrected chi connectivity index (χ3v) is 3.57. The van der Waals surface area contributed by atoms with Gasteiger partial charge in [-0.25, -0.2) is 0 Å². The first-order valence-corrected chi connectivity index (χ1v) is 6.88. The number of nitrogens with one attached hydrogen (secondary N) is 1. The van der Waals surface area contributed by atoms with Gasteiger partial charge in [0.05, 0.1) is 0 Å². The maximum atomic E-state index is 5.85. The molecule has 0 spiro atoms. The molecule has 0 saturated carbocycles. The van der Waals surface area contributed by atoms with Crippen molar-refractivity contribution < 1.29 is 0 Å². The van der Waals surface area contributed by atoms with E-state index in [4.69, 9.17) is 11.6 Å². The highest BCUT2D eigenvalue weighted by Gasteiger charge is 2.04. The van der Waals surface area contributed by atoms with Gasteiger partial charge in [-0.1, -0.05) is 23.7 Å². The smallest absolute Gasteiger partial charge is 0.0485 e. The Morgan fingerprint density at radius 3 is 2.18 bits per heavy atom. The second-order valence-corrected chi connectivity index (χ2v) is 5.61. The first-order chi connectivity index (χ1) is 8.15. The van der Waals surface area contributed by atoms with E-state index in [-0.39, 0.29) is 6.04 Å². The monoisotopic (exact) mass is 357 g/mol. The minimum Gasteiger partial charge on any atom is -0.379 e. The van der Waals surface area contributed by atoms with Crippen LogP contribution in [0, 0.1) is 3.57 Å². The van der Waals surface area contributed by atoms with Crippen LogP contribution in [0.3, 0.4) is 0 Å². The van der Waals surface area contributed by atoms with E-state index in [1.54, 1.807) is 0 Å². The summed E-state index contributed by atoms with van der Waals surface area (Å²) in [6.07, 6.45) is 0. The summed E-state index contributed by atoms with van der Waals surface area (Å²) in [4.78, 5) is 0. The fraction of sp³-hybridized carbons (Fsp3) is 0.143. The summed E-state index contributed by atoms with van der Waals surface area (Å²) in [7, 11) is 0. The fourth-order valence-electron chi connectivity index (χ4n) is 1.63. The van der Waals surface area contributed by atoms with E-state index in [0.717, 1.165) is 10.7 Å². The van der Waals surface area contributed by atoms with Crippen LogP contribution < -0.4 is 5.32 Å². The summed E-state index contributed by atoms with van der Waals surface area (Å²) in [6.45, 7) is 2.15. The summed E-state index contributed by atoms with van der Waals surface area (Å²) < 4.78 is 1.25. The highest BCUT2D eigenvalue weighted by Crippen LogP contribution is 2.21. The standard InChI is InChI=1S/C14H13ClIN/c1-10(11-2-6-13(16)7-3-11)17-14-8-4-12(15)5-9-14/h2-10,17H,1H3. The zero-order valence-corrected chi connectivity index (χ0v) is 12.4. The van der Waals surface area contributed by atoms with Crippen LogP contribution in [0.1, 0.15) is 18.5 Å². The van der Waals surface area contributed by atoms with Gasteiger partial charge in [0.15, 0.2) is 0 Å². The Morgan fingerprint density at radius 2 is 1.59 bits per heavy atom. The highest BCUT2D eigenvalue weighted by atomic mass is 127. The summed E-state index contributed by atoms with van der Waals surface area (Å²) in [5, 5.41) is 4.21. The fourth-order valence-corrected chi connectivity index (χ4v) is 2.12. The van der Waals surface area contributed by atoms with Crippen LogP contribution in [0.25, 0.3) is 0 Å². The van der Waals surface area contributed by atoms with Crippen LogP contribution >= 0.6 is 34.2 Å². The Bertz CT molecular complexity index is 479. The van der Waals surface area contributed by atoms with Gasteiger partial charge in [-0.05, 0) is 71.5 Å². The lowest BCUT2D eigenvalue weighted by Crippen LogP contribution is -2.06. The molecule has 0 heterocycles. The number of benzene rings is 2. The van der Waals surface area contributed by atoms with Crippen molar-refractivity contribution in [2.24, 2.45) is 0 Å². The second-order valence-electron chi connectivity index (χ2n) is 3.92. The average Bonchev–Trinajstić information content (AvgIpc) is 2.33. The second kappa shape index (κ2) is 5.74. The molecule has 2 aromatic rings. The molecule has 1 nitrogen and oxygen atoms in total. The van der Waals surface area contributed by atoms with E-state index < -0.39 is 0 Å². The van der Waals surface area contributed by atoms with Crippen LogP contribution in [-0.2, 0) is 0 Å². The molecule has 0 aliphatic rings. The normalized spacial score (nSPS) is 12.2. The van der Waals surface area contributed by atoms with E-state index in [2.05, 4.69) is 59.1 Å². The number of anilines is 1. The maximum Gasteiger partial charge on any atom is 0.0485 e. The summed E-state index contributed by atoms with van der Waals surface area (Å²) >= 11 is 8.17. The predicted octanol–water partition coefficient (Wildman–Crippen LogP) is 5.12. The zero-order chi connectivity index (χ0) is 12.3. The molecule has 1 unspecified atom stereocenters. The Morgan fingerprint density at radius 1 is 1.00 bits per heavy atom. The van der Waals surface area contributed by atoms with Crippen molar-refractivity contribution in [3.63, 3.8) is 0 Å². The van der Waals surface area contributed by atoms with E-state index in [0.29, 0.717) is 0 Å². The molecule has 2 aromatic carbocycles. The van der Waals surface area contributed by atoms with Crippen molar-refractivity contribution in [3.05, 3.63) is 62.7 Å². The first-order valence-electron chi connectivity index (χ1n) is 5.43. The topological polar surface area (TPSA) is 12.0 Å². The predicted molar refractivity (Wildman–Crippen MR) is 82.6 cm³/mol. The molecule has 0 aliphatic carbocycles. The quantitative estimate of drug-likeness (QED) is 0.752. The summed E-state index contributed by atoms with van der Waals surface area (Å²) in [5.41, 5.74) is 2.36. The lowest BCUT2D eigenvalue weighted by Gasteiger charge is -2.15. The third-order valence-electron chi connectivity index (χ3n) is 2.60. The van der Waals surface area contributed by atoms with Crippen LogP contribution in [0.4, 0.5) is 5.69 Å². The molecule has 0 radical (unpaired) electrons. The maximum absolute atomic E-state index is 5.85. The van der Waals surface area contributed by atoms with Gasteiger partial charge in [0, 0.05) is 20.3 Å². The van der Waals surface area contributed by atoms with Gasteiger partial charge >= 0.3 is 0 Å². The van der Waals surface area contributed by atoms with Crippen molar-refractivity contribution in [1.82, 2.24) is 0 Å². The Kier molecular flexibility index (Phi) is 4.29. The van der Waals surface area contributed by atoms with Gasteiger partial charge in [-0.15, -0.1) is 0 Å². The van der Waals surface area contributed by atoms with Gasteiger partial charge in [0.25, 0.3) is 0 Å². The van der Waals surface area contributed by atoms with Crippen LogP contribution in [0.15, 0.2) is 48.5 Å². The number of hydrogen-bond donors (Lipinski definition) is 1. The van der Waals surface area contributed by atoms with E-state index in [9.17, 15) is 0 Å². The number of hydrogen-bond acceptors (Lipinski definition) is 1. The largest absolute Gasteiger partial charge is 0.379 e. The minimum absolute atomic E-state index is 0.285. The summed E-state index contributed by atoms with van der Waals surface area (Å²) in [5.74, 6) is 0. The number of halogens is 2.